The molecule has 9 heteroatoms. The Bertz CT molecular complexity index is 689. The van der Waals surface area contributed by atoms with Crippen LogP contribution in [0.15, 0.2) is 29.2 Å². The second-order valence-corrected chi connectivity index (χ2v) is 8.48. The fourth-order valence-electron chi connectivity index (χ4n) is 2.11. The maximum atomic E-state index is 12.5. The molecule has 25 heavy (non-hydrogen) atoms. The van der Waals surface area contributed by atoms with Gasteiger partial charge < -0.3 is 10.4 Å². The standard InChI is InChI=1S/C16H24N2O5S2/c1-11-4-6-13(7-5-11)25(22,23)18-14(8-9-24-3)16(21)17-12(2)10-15(19)20/h4-7,12,14,18H,8-10H2,1-3H3,(H,17,21)(H,19,20). The SMILES string of the molecule is CSCCC(NS(=O)(=O)c1ccc(C)cc1)C(=O)NC(C)CC(=O)O. The molecule has 0 radical (unpaired) electrons. The van der Waals surface area contributed by atoms with Crippen LogP contribution in [0.2, 0.25) is 0 Å². The molecule has 1 amide bonds. The van der Waals surface area contributed by atoms with Gasteiger partial charge in [-0.25, -0.2) is 8.42 Å². The van der Waals surface area contributed by atoms with E-state index in [9.17, 15) is 18.0 Å². The molecule has 0 bridgehead atoms. The van der Waals surface area contributed by atoms with E-state index >= 15 is 0 Å². The first-order valence-electron chi connectivity index (χ1n) is 7.76. The Hall–Kier alpha value is -1.58. The first-order chi connectivity index (χ1) is 11.7. The Morgan fingerprint density at radius 3 is 2.36 bits per heavy atom. The normalized spacial score (nSPS) is 13.9. The van der Waals surface area contributed by atoms with Gasteiger partial charge in [0.25, 0.3) is 0 Å². The summed E-state index contributed by atoms with van der Waals surface area (Å²) in [7, 11) is -3.85. The average molecular weight is 389 g/mol. The van der Waals surface area contributed by atoms with Crippen molar-refractivity contribution in [3.05, 3.63) is 29.8 Å². The highest BCUT2D eigenvalue weighted by Crippen LogP contribution is 2.12. The van der Waals surface area contributed by atoms with E-state index in [4.69, 9.17) is 5.11 Å². The molecule has 1 rings (SSSR count). The van der Waals surface area contributed by atoms with Crippen LogP contribution in [-0.4, -0.2) is 49.5 Å². The highest BCUT2D eigenvalue weighted by molar-refractivity contribution is 7.98. The molecule has 0 aliphatic carbocycles. The van der Waals surface area contributed by atoms with Gasteiger partial charge in [-0.15, -0.1) is 0 Å². The van der Waals surface area contributed by atoms with Crippen molar-refractivity contribution in [2.24, 2.45) is 0 Å². The predicted molar refractivity (Wildman–Crippen MR) is 98.1 cm³/mol. The number of aliphatic carboxylic acids is 1. The van der Waals surface area contributed by atoms with Crippen LogP contribution in [0.1, 0.15) is 25.3 Å². The Morgan fingerprint density at radius 2 is 1.84 bits per heavy atom. The molecule has 0 aromatic heterocycles. The minimum atomic E-state index is -3.85. The van der Waals surface area contributed by atoms with Gasteiger partial charge >= 0.3 is 5.97 Å². The van der Waals surface area contributed by atoms with Crippen molar-refractivity contribution in [1.82, 2.24) is 10.0 Å². The first kappa shape index (κ1) is 21.5. The molecular formula is C16H24N2O5S2. The summed E-state index contributed by atoms with van der Waals surface area (Å²) in [6, 6.07) is 4.77. The quantitative estimate of drug-likeness (QED) is 0.558. The largest absolute Gasteiger partial charge is 0.481 e. The number of nitrogens with one attached hydrogen (secondary N) is 2. The molecule has 0 aliphatic rings. The van der Waals surface area contributed by atoms with Crippen LogP contribution < -0.4 is 10.0 Å². The van der Waals surface area contributed by atoms with Crippen LogP contribution in [-0.2, 0) is 19.6 Å². The van der Waals surface area contributed by atoms with Crippen molar-refractivity contribution in [3.8, 4) is 0 Å². The van der Waals surface area contributed by atoms with Crippen LogP contribution in [0, 0.1) is 6.92 Å². The lowest BCUT2D eigenvalue weighted by Gasteiger charge is -2.20. The summed E-state index contributed by atoms with van der Waals surface area (Å²) in [6.07, 6.45) is 1.93. The third-order valence-electron chi connectivity index (χ3n) is 3.43. The molecular weight excluding hydrogens is 364 g/mol. The van der Waals surface area contributed by atoms with Gasteiger partial charge in [-0.05, 0) is 44.4 Å². The van der Waals surface area contributed by atoms with E-state index in [-0.39, 0.29) is 11.3 Å². The summed E-state index contributed by atoms with van der Waals surface area (Å²) in [5.41, 5.74) is 0.929. The maximum Gasteiger partial charge on any atom is 0.305 e. The van der Waals surface area contributed by atoms with Gasteiger partial charge in [-0.3, -0.25) is 9.59 Å². The lowest BCUT2D eigenvalue weighted by Crippen LogP contribution is -2.49. The van der Waals surface area contributed by atoms with Gasteiger partial charge in [0, 0.05) is 6.04 Å². The summed E-state index contributed by atoms with van der Waals surface area (Å²) in [4.78, 5) is 23.2. The van der Waals surface area contributed by atoms with Gasteiger partial charge in [-0.1, -0.05) is 17.7 Å². The highest BCUT2D eigenvalue weighted by atomic mass is 32.2. The van der Waals surface area contributed by atoms with Crippen LogP contribution in [0.3, 0.4) is 0 Å². The van der Waals surface area contributed by atoms with Gasteiger partial charge in [-0.2, -0.15) is 16.5 Å². The Morgan fingerprint density at radius 1 is 1.24 bits per heavy atom. The Labute approximate surface area is 152 Å². The zero-order valence-corrected chi connectivity index (χ0v) is 16.1. The van der Waals surface area contributed by atoms with Crippen LogP contribution in [0.5, 0.6) is 0 Å². The number of aryl methyl sites for hydroxylation is 1. The number of sulfonamides is 1. The number of amides is 1. The van der Waals surface area contributed by atoms with Crippen molar-refractivity contribution in [2.45, 2.75) is 43.7 Å². The molecule has 140 valence electrons. The minimum absolute atomic E-state index is 0.0821. The van der Waals surface area contributed by atoms with E-state index in [0.717, 1.165) is 5.56 Å². The van der Waals surface area contributed by atoms with E-state index in [1.807, 2.05) is 13.2 Å². The fourth-order valence-corrected chi connectivity index (χ4v) is 3.81. The number of rotatable bonds is 10. The maximum absolute atomic E-state index is 12.5. The molecule has 0 spiro atoms. The number of thioether (sulfide) groups is 1. The van der Waals surface area contributed by atoms with Gasteiger partial charge in [0.2, 0.25) is 15.9 Å². The third-order valence-corrected chi connectivity index (χ3v) is 5.56. The topological polar surface area (TPSA) is 113 Å². The van der Waals surface area contributed by atoms with Crippen LogP contribution >= 0.6 is 11.8 Å². The summed E-state index contributed by atoms with van der Waals surface area (Å²) in [5, 5.41) is 11.3. The number of hydrogen-bond donors (Lipinski definition) is 3. The molecule has 0 heterocycles. The first-order valence-corrected chi connectivity index (χ1v) is 10.6. The molecule has 3 N–H and O–H groups in total. The fraction of sp³-hybridized carbons (Fsp3) is 0.500. The summed E-state index contributed by atoms with van der Waals surface area (Å²) in [5.74, 6) is -0.978. The summed E-state index contributed by atoms with van der Waals surface area (Å²) < 4.78 is 27.4. The van der Waals surface area contributed by atoms with Gasteiger partial charge in [0.1, 0.15) is 6.04 Å². The van der Waals surface area contributed by atoms with E-state index in [1.54, 1.807) is 19.1 Å². The number of carbonyl (C=O) groups is 2. The monoisotopic (exact) mass is 388 g/mol. The molecule has 2 unspecified atom stereocenters. The number of carboxylic acid groups (broad SMARTS) is 1. The molecule has 2 atom stereocenters. The zero-order valence-electron chi connectivity index (χ0n) is 14.5. The van der Waals surface area contributed by atoms with Crippen molar-refractivity contribution >= 4 is 33.7 Å². The van der Waals surface area contributed by atoms with Gasteiger partial charge in [0.15, 0.2) is 0 Å². The second-order valence-electron chi connectivity index (χ2n) is 5.78. The van der Waals surface area contributed by atoms with E-state index in [1.165, 1.54) is 23.9 Å². The zero-order chi connectivity index (χ0) is 19.0. The molecule has 7 nitrogen and oxygen atoms in total. The number of benzene rings is 1. The van der Waals surface area contributed by atoms with Crippen LogP contribution in [0.25, 0.3) is 0 Å². The Balaban J connectivity index is 2.88. The molecule has 0 saturated carbocycles. The smallest absolute Gasteiger partial charge is 0.305 e. The minimum Gasteiger partial charge on any atom is -0.481 e. The number of carbonyl (C=O) groups excluding carboxylic acids is 1. The molecule has 0 fully saturated rings. The summed E-state index contributed by atoms with van der Waals surface area (Å²) in [6.45, 7) is 3.41. The van der Waals surface area contributed by atoms with Crippen molar-refractivity contribution in [3.63, 3.8) is 0 Å². The second kappa shape index (κ2) is 9.79. The van der Waals surface area contributed by atoms with Crippen LogP contribution in [0.4, 0.5) is 0 Å². The molecule has 0 aliphatic heterocycles. The van der Waals surface area contributed by atoms with Crippen molar-refractivity contribution in [2.75, 3.05) is 12.0 Å². The lowest BCUT2D eigenvalue weighted by atomic mass is 10.2. The molecule has 1 aromatic carbocycles. The molecule has 0 saturated heterocycles. The van der Waals surface area contributed by atoms with Crippen molar-refractivity contribution < 1.29 is 23.1 Å². The molecule has 1 aromatic rings. The van der Waals surface area contributed by atoms with Gasteiger partial charge in [0.05, 0.1) is 11.3 Å². The number of carboxylic acids is 1. The third kappa shape index (κ3) is 7.45. The highest BCUT2D eigenvalue weighted by Gasteiger charge is 2.26. The summed E-state index contributed by atoms with van der Waals surface area (Å²) >= 11 is 1.49. The number of hydrogen-bond acceptors (Lipinski definition) is 5. The van der Waals surface area contributed by atoms with E-state index in [2.05, 4.69) is 10.0 Å². The average Bonchev–Trinajstić information content (AvgIpc) is 2.50. The van der Waals surface area contributed by atoms with E-state index < -0.39 is 34.0 Å². The van der Waals surface area contributed by atoms with Crippen molar-refractivity contribution in [1.29, 1.82) is 0 Å². The lowest BCUT2D eigenvalue weighted by molar-refractivity contribution is -0.137. The predicted octanol–water partition coefficient (Wildman–Crippen LogP) is 1.37. The Kier molecular flexibility index (Phi) is 8.40. The van der Waals surface area contributed by atoms with E-state index in [0.29, 0.717) is 12.2 Å².